The van der Waals surface area contributed by atoms with E-state index in [0.717, 1.165) is 0 Å². The number of rotatable bonds is 0. The van der Waals surface area contributed by atoms with Crippen molar-refractivity contribution in [3.63, 3.8) is 0 Å². The molecule has 1 aliphatic carbocycles. The van der Waals surface area contributed by atoms with Crippen LogP contribution in [0.3, 0.4) is 0 Å². The monoisotopic (exact) mass is 432 g/mol. The summed E-state index contributed by atoms with van der Waals surface area (Å²) in [5, 5.41) is 0. The van der Waals surface area contributed by atoms with Gasteiger partial charge in [-0.2, -0.15) is 0 Å². The Morgan fingerprint density at radius 1 is 0.480 bits per heavy atom. The first-order valence-electron chi connectivity index (χ1n) is 6.20. The zero-order chi connectivity index (χ0) is 19.7. The van der Waals surface area contributed by atoms with Crippen LogP contribution in [0.1, 0.15) is 47.4 Å². The Bertz CT molecular complexity index is 180. The van der Waals surface area contributed by atoms with Crippen LogP contribution in [0.2, 0.25) is 0 Å². The largest absolute Gasteiger partial charge is 1.00 e. The predicted molar refractivity (Wildman–Crippen MR) is 76.2 cm³/mol. The standard InChI is InChI=1S/C6H12.CH5N.CH4.3BF4.K.H/c1-2-4-6-5-3-1;1-2;;3*2-1(3,4)5;;/h1-6H2;2H2,1H3;1H4;;;;;/q;;;3*-1;+1;-1. The molecule has 0 aromatic carbocycles. The van der Waals surface area contributed by atoms with Crippen LogP contribution in [-0.4, -0.2) is 28.8 Å². The van der Waals surface area contributed by atoms with Gasteiger partial charge in [-0.15, -0.1) is 0 Å². The molecule has 1 aliphatic rings. The quantitative estimate of drug-likeness (QED) is 0.460. The molecule has 2 N–H and O–H groups in total. The Hall–Kier alpha value is 0.951. The molecule has 0 aromatic heterocycles. The van der Waals surface area contributed by atoms with Crippen molar-refractivity contribution < 1.29 is 105 Å². The zero-order valence-corrected chi connectivity index (χ0v) is 16.2. The Kier molecular flexibility index (Phi) is 37.3. The van der Waals surface area contributed by atoms with E-state index in [-0.39, 0.29) is 60.2 Å². The van der Waals surface area contributed by atoms with E-state index in [1.165, 1.54) is 45.6 Å². The average Bonchev–Trinajstić information content (AvgIpc) is 2.27. The summed E-state index contributed by atoms with van der Waals surface area (Å²) in [6, 6.07) is 0. The SMILES string of the molecule is C.C1CCCCC1.CN.F[B-](F)(F)F.F[B-](F)(F)F.F[B-](F)(F)F.[H-].[K+]. The van der Waals surface area contributed by atoms with E-state index in [0.29, 0.717) is 0 Å². The van der Waals surface area contributed by atoms with Crippen LogP contribution in [0, 0.1) is 0 Å². The first-order valence-corrected chi connectivity index (χ1v) is 6.20. The van der Waals surface area contributed by atoms with Crippen LogP contribution in [0.15, 0.2) is 0 Å². The van der Waals surface area contributed by atoms with Gasteiger partial charge in [-0.3, -0.25) is 0 Å². The second-order valence-corrected chi connectivity index (χ2v) is 3.61. The molecule has 0 bridgehead atoms. The van der Waals surface area contributed by atoms with Gasteiger partial charge >= 0.3 is 73.1 Å². The second kappa shape index (κ2) is 23.0. The van der Waals surface area contributed by atoms with Gasteiger partial charge in [-0.1, -0.05) is 46.0 Å². The van der Waals surface area contributed by atoms with Gasteiger partial charge < -0.3 is 58.9 Å². The van der Waals surface area contributed by atoms with Gasteiger partial charge in [-0.25, -0.2) is 0 Å². The Balaban J connectivity index is -0.0000000347. The van der Waals surface area contributed by atoms with Gasteiger partial charge in [-0.05, 0) is 7.05 Å². The molecule has 156 valence electrons. The molecule has 0 spiro atoms. The molecule has 17 heteroatoms. The maximum absolute atomic E-state index is 9.75. The normalized spacial score (nSPS) is 13.2. The van der Waals surface area contributed by atoms with Gasteiger partial charge in [0, 0.05) is 0 Å². The van der Waals surface area contributed by atoms with Crippen molar-refractivity contribution in [3.05, 3.63) is 0 Å². The average molecular weight is 432 g/mol. The van der Waals surface area contributed by atoms with Crippen molar-refractivity contribution in [2.75, 3.05) is 7.05 Å². The van der Waals surface area contributed by atoms with Crippen LogP contribution < -0.4 is 57.1 Å². The fraction of sp³-hybridized carbons (Fsp3) is 1.00. The minimum atomic E-state index is -6.00. The van der Waals surface area contributed by atoms with Crippen molar-refractivity contribution in [2.45, 2.75) is 46.0 Å². The van der Waals surface area contributed by atoms with E-state index >= 15 is 0 Å². The number of halogens is 12. The minimum Gasteiger partial charge on any atom is -1.00 e. The van der Waals surface area contributed by atoms with Crippen LogP contribution in [0.5, 0.6) is 0 Å². The molecule has 1 nitrogen and oxygen atoms in total. The first-order chi connectivity index (χ1) is 10.0. The molecule has 0 unspecified atom stereocenters. The number of hydrogen-bond acceptors (Lipinski definition) is 1. The first kappa shape index (κ1) is 40.6. The van der Waals surface area contributed by atoms with Crippen molar-refractivity contribution in [1.29, 1.82) is 0 Å². The minimum absolute atomic E-state index is 0. The van der Waals surface area contributed by atoms with E-state index in [1.807, 2.05) is 0 Å². The van der Waals surface area contributed by atoms with E-state index in [4.69, 9.17) is 0 Å². The molecule has 0 aromatic rings. The van der Waals surface area contributed by atoms with Gasteiger partial charge in [0.15, 0.2) is 0 Å². The van der Waals surface area contributed by atoms with Crippen molar-refractivity contribution >= 4 is 21.8 Å². The van der Waals surface area contributed by atoms with Gasteiger partial charge in [0.05, 0.1) is 0 Å². The van der Waals surface area contributed by atoms with Crippen molar-refractivity contribution in [1.82, 2.24) is 0 Å². The predicted octanol–water partition coefficient (Wildman–Crippen LogP) is 3.57. The maximum atomic E-state index is 9.75. The molecule has 1 saturated carbocycles. The summed E-state index contributed by atoms with van der Waals surface area (Å²) in [4.78, 5) is 0. The summed E-state index contributed by atoms with van der Waals surface area (Å²) in [5.74, 6) is 0. The van der Waals surface area contributed by atoms with Gasteiger partial charge in [0.2, 0.25) is 0 Å². The zero-order valence-electron chi connectivity index (χ0n) is 14.1. The third kappa shape index (κ3) is 272. The Morgan fingerprint density at radius 3 is 0.560 bits per heavy atom. The molecule has 0 radical (unpaired) electrons. The number of hydrogen-bond donors (Lipinski definition) is 1. The van der Waals surface area contributed by atoms with E-state index in [2.05, 4.69) is 5.73 Å². The topological polar surface area (TPSA) is 26.0 Å². The molecule has 0 atom stereocenters. The van der Waals surface area contributed by atoms with Crippen LogP contribution in [0.4, 0.5) is 51.8 Å². The van der Waals surface area contributed by atoms with E-state index in [1.54, 1.807) is 0 Å². The summed E-state index contributed by atoms with van der Waals surface area (Å²) in [6.45, 7) is 0. The summed E-state index contributed by atoms with van der Waals surface area (Å²) in [5.41, 5.74) is 4.50. The van der Waals surface area contributed by atoms with Crippen LogP contribution in [0.25, 0.3) is 0 Å². The van der Waals surface area contributed by atoms with Gasteiger partial charge in [0.1, 0.15) is 0 Å². The smallest absolute Gasteiger partial charge is 1.00 e. The summed E-state index contributed by atoms with van der Waals surface area (Å²) < 4.78 is 117. The third-order valence-electron chi connectivity index (χ3n) is 1.50. The fourth-order valence-electron chi connectivity index (χ4n) is 1.06. The summed E-state index contributed by atoms with van der Waals surface area (Å²) in [6.07, 6.45) is 9.00. The van der Waals surface area contributed by atoms with Crippen LogP contribution in [-0.2, 0) is 0 Å². The third-order valence-corrected chi connectivity index (χ3v) is 1.50. The molecule has 1 rings (SSSR count). The molecule has 1 fully saturated rings. The van der Waals surface area contributed by atoms with Gasteiger partial charge in [0.25, 0.3) is 0 Å². The fourth-order valence-corrected chi connectivity index (χ4v) is 1.06. The summed E-state index contributed by atoms with van der Waals surface area (Å²) in [7, 11) is -16.5. The molecular weight excluding hydrogens is 410 g/mol. The summed E-state index contributed by atoms with van der Waals surface area (Å²) >= 11 is 0. The Morgan fingerprint density at radius 2 is 0.520 bits per heavy atom. The number of nitrogens with two attached hydrogens (primary N) is 1. The van der Waals surface area contributed by atoms with E-state index < -0.39 is 21.8 Å². The van der Waals surface area contributed by atoms with Crippen LogP contribution >= 0.6 is 0 Å². The van der Waals surface area contributed by atoms with E-state index in [9.17, 15) is 51.8 Å². The van der Waals surface area contributed by atoms with Crippen molar-refractivity contribution in [2.24, 2.45) is 5.73 Å². The molecule has 0 heterocycles. The second-order valence-electron chi connectivity index (χ2n) is 3.61. The molecular formula is C8H22B3F12KN-3. The molecule has 0 amide bonds. The molecule has 25 heavy (non-hydrogen) atoms. The van der Waals surface area contributed by atoms with Crippen molar-refractivity contribution in [3.8, 4) is 0 Å². The molecule has 0 saturated heterocycles. The maximum Gasteiger partial charge on any atom is 1.00 e. The Labute approximate surface area is 184 Å². The molecule has 0 aliphatic heterocycles.